The number of nitrogens with one attached hydrogen (secondary N) is 1. The van der Waals surface area contributed by atoms with E-state index in [-0.39, 0.29) is 5.91 Å². The molecule has 2 heterocycles. The lowest BCUT2D eigenvalue weighted by atomic mass is 10.3. The summed E-state index contributed by atoms with van der Waals surface area (Å²) in [5.74, 6) is 0.879. The summed E-state index contributed by atoms with van der Waals surface area (Å²) in [5, 5.41) is 4.01. The standard InChI is InChI=1S/C13H16N4OS/c1-8-5-10-12(14-7-15-13(10)19-8)17(2)6-11(18)16-9-3-4-9/h5,7,9H,3-4,6H2,1-2H3,(H,16,18). The van der Waals surface area contributed by atoms with Crippen LogP contribution in [0.5, 0.6) is 0 Å². The molecule has 1 N–H and O–H groups in total. The van der Waals surface area contributed by atoms with E-state index in [1.807, 2.05) is 11.9 Å². The third-order valence-corrected chi connectivity index (χ3v) is 4.07. The molecule has 2 aromatic rings. The minimum atomic E-state index is 0.0590. The second kappa shape index (κ2) is 4.77. The second-order valence-electron chi connectivity index (χ2n) is 4.97. The highest BCUT2D eigenvalue weighted by atomic mass is 32.1. The van der Waals surface area contributed by atoms with Crippen molar-refractivity contribution in [1.82, 2.24) is 15.3 Å². The molecule has 0 spiro atoms. The molecule has 1 saturated carbocycles. The van der Waals surface area contributed by atoms with Crippen LogP contribution in [0.4, 0.5) is 5.82 Å². The molecule has 0 aromatic carbocycles. The number of fused-ring (bicyclic) bond motifs is 1. The van der Waals surface area contributed by atoms with Crippen molar-refractivity contribution < 1.29 is 4.79 Å². The van der Waals surface area contributed by atoms with E-state index in [2.05, 4.69) is 28.3 Å². The van der Waals surface area contributed by atoms with E-state index in [1.165, 1.54) is 4.88 Å². The molecule has 1 fully saturated rings. The fourth-order valence-corrected chi connectivity index (χ4v) is 2.90. The van der Waals surface area contributed by atoms with Crippen LogP contribution in [0.2, 0.25) is 0 Å². The van der Waals surface area contributed by atoms with Crippen LogP contribution in [0.15, 0.2) is 12.4 Å². The Kier molecular flexibility index (Phi) is 3.10. The number of hydrogen-bond acceptors (Lipinski definition) is 5. The van der Waals surface area contributed by atoms with E-state index in [0.29, 0.717) is 12.6 Å². The van der Waals surface area contributed by atoms with Crippen LogP contribution in [0.1, 0.15) is 17.7 Å². The average Bonchev–Trinajstić information content (AvgIpc) is 3.06. The molecule has 1 aliphatic rings. The number of thiophene rings is 1. The Morgan fingerprint density at radius 2 is 2.32 bits per heavy atom. The van der Waals surface area contributed by atoms with Crippen molar-refractivity contribution in [1.29, 1.82) is 0 Å². The Bertz CT molecular complexity index is 620. The highest BCUT2D eigenvalue weighted by Crippen LogP contribution is 2.29. The molecule has 19 heavy (non-hydrogen) atoms. The maximum Gasteiger partial charge on any atom is 0.239 e. The molecule has 0 radical (unpaired) electrons. The fourth-order valence-electron chi connectivity index (χ4n) is 2.06. The zero-order valence-corrected chi connectivity index (χ0v) is 11.8. The highest BCUT2D eigenvalue weighted by molar-refractivity contribution is 7.18. The third-order valence-electron chi connectivity index (χ3n) is 3.12. The molecule has 6 heteroatoms. The number of aryl methyl sites for hydroxylation is 1. The molecule has 100 valence electrons. The van der Waals surface area contributed by atoms with Gasteiger partial charge in [0.05, 0.1) is 11.9 Å². The fraction of sp³-hybridized carbons (Fsp3) is 0.462. The van der Waals surface area contributed by atoms with Crippen LogP contribution in [0.25, 0.3) is 10.2 Å². The first-order valence-corrected chi connectivity index (χ1v) is 7.17. The maximum absolute atomic E-state index is 11.8. The van der Waals surface area contributed by atoms with Gasteiger partial charge in [-0.1, -0.05) is 0 Å². The lowest BCUT2D eigenvalue weighted by Gasteiger charge is -2.18. The van der Waals surface area contributed by atoms with Gasteiger partial charge in [-0.15, -0.1) is 11.3 Å². The Balaban J connectivity index is 1.80. The Morgan fingerprint density at radius 1 is 1.53 bits per heavy atom. The number of anilines is 1. The van der Waals surface area contributed by atoms with Gasteiger partial charge in [-0.05, 0) is 25.8 Å². The minimum absolute atomic E-state index is 0.0590. The van der Waals surface area contributed by atoms with Crippen LogP contribution in [-0.2, 0) is 4.79 Å². The topological polar surface area (TPSA) is 58.1 Å². The summed E-state index contributed by atoms with van der Waals surface area (Å²) < 4.78 is 0. The van der Waals surface area contributed by atoms with Crippen molar-refractivity contribution >= 4 is 33.3 Å². The summed E-state index contributed by atoms with van der Waals surface area (Å²) >= 11 is 1.64. The van der Waals surface area contributed by atoms with Gasteiger partial charge >= 0.3 is 0 Å². The summed E-state index contributed by atoms with van der Waals surface area (Å²) in [6.45, 7) is 2.38. The molecule has 5 nitrogen and oxygen atoms in total. The van der Waals surface area contributed by atoms with E-state index >= 15 is 0 Å². The number of hydrogen-bond donors (Lipinski definition) is 1. The molecule has 0 aliphatic heterocycles. The molecular formula is C13H16N4OS. The lowest BCUT2D eigenvalue weighted by Crippen LogP contribution is -2.36. The SMILES string of the molecule is Cc1cc2c(N(C)CC(=O)NC3CC3)ncnc2s1. The Labute approximate surface area is 115 Å². The van der Waals surface area contributed by atoms with E-state index in [9.17, 15) is 4.79 Å². The molecule has 3 rings (SSSR count). The average molecular weight is 276 g/mol. The Hall–Kier alpha value is -1.69. The van der Waals surface area contributed by atoms with Crippen molar-refractivity contribution in [3.05, 3.63) is 17.3 Å². The van der Waals surface area contributed by atoms with Gasteiger partial charge < -0.3 is 10.2 Å². The van der Waals surface area contributed by atoms with E-state index in [0.717, 1.165) is 28.9 Å². The van der Waals surface area contributed by atoms with Crippen molar-refractivity contribution in [3.63, 3.8) is 0 Å². The van der Waals surface area contributed by atoms with Crippen LogP contribution < -0.4 is 10.2 Å². The highest BCUT2D eigenvalue weighted by Gasteiger charge is 2.24. The summed E-state index contributed by atoms with van der Waals surface area (Å²) in [7, 11) is 1.89. The first-order chi connectivity index (χ1) is 9.13. The number of amides is 1. The quantitative estimate of drug-likeness (QED) is 0.923. The molecule has 1 aliphatic carbocycles. The van der Waals surface area contributed by atoms with Gasteiger partial charge in [0.1, 0.15) is 17.0 Å². The van der Waals surface area contributed by atoms with Crippen molar-refractivity contribution in [2.45, 2.75) is 25.8 Å². The van der Waals surface area contributed by atoms with Crippen molar-refractivity contribution in [2.75, 3.05) is 18.5 Å². The maximum atomic E-state index is 11.8. The van der Waals surface area contributed by atoms with Gasteiger partial charge in [-0.2, -0.15) is 0 Å². The molecule has 1 amide bonds. The molecule has 0 atom stereocenters. The van der Waals surface area contributed by atoms with Gasteiger partial charge in [0.25, 0.3) is 0 Å². The molecular weight excluding hydrogens is 260 g/mol. The smallest absolute Gasteiger partial charge is 0.239 e. The zero-order valence-electron chi connectivity index (χ0n) is 11.0. The number of carbonyl (C=O) groups excluding carboxylic acids is 1. The third kappa shape index (κ3) is 2.68. The van der Waals surface area contributed by atoms with Crippen molar-refractivity contribution in [2.24, 2.45) is 0 Å². The predicted octanol–water partition coefficient (Wildman–Crippen LogP) is 1.71. The lowest BCUT2D eigenvalue weighted by molar-refractivity contribution is -0.119. The Morgan fingerprint density at radius 3 is 3.05 bits per heavy atom. The number of rotatable bonds is 4. The predicted molar refractivity (Wildman–Crippen MR) is 76.6 cm³/mol. The van der Waals surface area contributed by atoms with Crippen LogP contribution in [0, 0.1) is 6.92 Å². The monoisotopic (exact) mass is 276 g/mol. The first-order valence-electron chi connectivity index (χ1n) is 6.35. The summed E-state index contributed by atoms with van der Waals surface area (Å²) in [4.78, 5) is 24.5. The van der Waals surface area contributed by atoms with Gasteiger partial charge in [-0.25, -0.2) is 9.97 Å². The second-order valence-corrected chi connectivity index (χ2v) is 6.21. The van der Waals surface area contributed by atoms with Crippen molar-refractivity contribution in [3.8, 4) is 0 Å². The normalized spacial score (nSPS) is 14.6. The number of likely N-dealkylation sites (N-methyl/N-ethyl adjacent to an activating group) is 1. The molecule has 2 aromatic heterocycles. The first kappa shape index (κ1) is 12.3. The largest absolute Gasteiger partial charge is 0.352 e. The molecule has 0 bridgehead atoms. The van der Waals surface area contributed by atoms with E-state index in [1.54, 1.807) is 17.7 Å². The molecule has 0 saturated heterocycles. The summed E-state index contributed by atoms with van der Waals surface area (Å²) in [6, 6.07) is 2.47. The molecule has 0 unspecified atom stereocenters. The number of carbonyl (C=O) groups is 1. The van der Waals surface area contributed by atoms with Gasteiger partial charge in [0.15, 0.2) is 0 Å². The van der Waals surface area contributed by atoms with E-state index < -0.39 is 0 Å². The van der Waals surface area contributed by atoms with Crippen LogP contribution in [-0.4, -0.2) is 35.5 Å². The van der Waals surface area contributed by atoms with Gasteiger partial charge in [0, 0.05) is 18.0 Å². The summed E-state index contributed by atoms with van der Waals surface area (Å²) in [6.07, 6.45) is 3.77. The summed E-state index contributed by atoms with van der Waals surface area (Å²) in [5.41, 5.74) is 0. The van der Waals surface area contributed by atoms with E-state index in [4.69, 9.17) is 0 Å². The minimum Gasteiger partial charge on any atom is -0.352 e. The van der Waals surface area contributed by atoms with Gasteiger partial charge in [-0.3, -0.25) is 4.79 Å². The number of nitrogens with zero attached hydrogens (tertiary/aromatic N) is 3. The van der Waals surface area contributed by atoms with Gasteiger partial charge in [0.2, 0.25) is 5.91 Å². The zero-order chi connectivity index (χ0) is 13.4. The van der Waals surface area contributed by atoms with Crippen LogP contribution >= 0.6 is 11.3 Å². The number of aromatic nitrogens is 2. The van der Waals surface area contributed by atoms with Crippen LogP contribution in [0.3, 0.4) is 0 Å².